The third kappa shape index (κ3) is 2.58. The molecule has 0 saturated carbocycles. The van der Waals surface area contributed by atoms with E-state index < -0.39 is 0 Å². The number of alkyl halides is 2. The van der Waals surface area contributed by atoms with E-state index in [-0.39, 0.29) is 5.92 Å². The summed E-state index contributed by atoms with van der Waals surface area (Å²) < 4.78 is 5.63. The van der Waals surface area contributed by atoms with Gasteiger partial charge in [0.25, 0.3) is 0 Å². The van der Waals surface area contributed by atoms with Gasteiger partial charge in [0.1, 0.15) is 5.75 Å². The van der Waals surface area contributed by atoms with Crippen molar-refractivity contribution in [1.29, 1.82) is 0 Å². The van der Waals surface area contributed by atoms with Gasteiger partial charge in [-0.05, 0) is 35.6 Å². The molecule has 0 aromatic heterocycles. The van der Waals surface area contributed by atoms with Crippen LogP contribution in [0.5, 0.6) is 5.75 Å². The Labute approximate surface area is 111 Å². The van der Waals surface area contributed by atoms with Gasteiger partial charge in [0, 0.05) is 23.2 Å². The maximum Gasteiger partial charge on any atom is 0.125 e. The summed E-state index contributed by atoms with van der Waals surface area (Å²) in [6.07, 6.45) is 1.77. The highest BCUT2D eigenvalue weighted by molar-refractivity contribution is 6.30. The summed E-state index contributed by atoms with van der Waals surface area (Å²) in [5.41, 5.74) is 2.33. The van der Waals surface area contributed by atoms with E-state index in [9.17, 15) is 0 Å². The van der Waals surface area contributed by atoms with Gasteiger partial charge in [-0.2, -0.15) is 0 Å². The molecule has 1 aromatic rings. The summed E-state index contributed by atoms with van der Waals surface area (Å²) in [6.45, 7) is 0.745. The Bertz CT molecular complexity index is 375. The average Bonchev–Trinajstić information content (AvgIpc) is 2.73. The van der Waals surface area contributed by atoms with Crippen molar-refractivity contribution in [2.45, 2.75) is 12.8 Å². The quantitative estimate of drug-likeness (QED) is 0.759. The molecule has 16 heavy (non-hydrogen) atoms. The molecule has 0 atom stereocenters. The predicted molar refractivity (Wildman–Crippen MR) is 69.3 cm³/mol. The second kappa shape index (κ2) is 5.48. The van der Waals surface area contributed by atoms with Gasteiger partial charge >= 0.3 is 0 Å². The molecule has 0 N–H and O–H groups in total. The van der Waals surface area contributed by atoms with Crippen LogP contribution >= 0.6 is 34.8 Å². The molecule has 0 radical (unpaired) electrons. The van der Waals surface area contributed by atoms with Crippen LogP contribution in [0, 0.1) is 5.92 Å². The van der Waals surface area contributed by atoms with E-state index >= 15 is 0 Å². The highest BCUT2D eigenvalue weighted by atomic mass is 35.5. The van der Waals surface area contributed by atoms with Crippen molar-refractivity contribution < 1.29 is 4.74 Å². The summed E-state index contributed by atoms with van der Waals surface area (Å²) in [5, 5.41) is 0.766. The number of halogens is 3. The molecule has 2 rings (SSSR count). The summed E-state index contributed by atoms with van der Waals surface area (Å²) >= 11 is 17.8. The number of hydrogen-bond donors (Lipinski definition) is 0. The van der Waals surface area contributed by atoms with Crippen molar-refractivity contribution in [2.24, 2.45) is 5.92 Å². The van der Waals surface area contributed by atoms with Gasteiger partial charge in [-0.15, -0.1) is 23.2 Å². The van der Waals surface area contributed by atoms with Crippen LogP contribution < -0.4 is 4.74 Å². The minimum absolute atomic E-state index is 0.273. The fourth-order valence-electron chi connectivity index (χ4n) is 1.96. The van der Waals surface area contributed by atoms with Gasteiger partial charge < -0.3 is 4.74 Å². The molecular formula is C12H13Cl3O. The molecular weight excluding hydrogens is 266 g/mol. The van der Waals surface area contributed by atoms with Crippen molar-refractivity contribution in [2.75, 3.05) is 18.4 Å². The van der Waals surface area contributed by atoms with Gasteiger partial charge in [0.15, 0.2) is 0 Å². The first-order valence-electron chi connectivity index (χ1n) is 5.30. The Kier molecular flexibility index (Phi) is 4.23. The molecule has 1 aliphatic rings. The highest BCUT2D eigenvalue weighted by Crippen LogP contribution is 2.34. The first-order valence-corrected chi connectivity index (χ1v) is 6.75. The SMILES string of the molecule is ClCC(CCl)Cc1cc(Cl)cc2c1OCC2. The van der Waals surface area contributed by atoms with Crippen LogP contribution in [0.4, 0.5) is 0 Å². The Morgan fingerprint density at radius 3 is 2.69 bits per heavy atom. The van der Waals surface area contributed by atoms with Gasteiger partial charge in [-0.25, -0.2) is 0 Å². The van der Waals surface area contributed by atoms with Gasteiger partial charge in [-0.3, -0.25) is 0 Å². The molecule has 0 fully saturated rings. The normalized spacial score (nSPS) is 14.0. The van der Waals surface area contributed by atoms with Crippen LogP contribution in [0.25, 0.3) is 0 Å². The van der Waals surface area contributed by atoms with Crippen molar-refractivity contribution >= 4 is 34.8 Å². The third-order valence-corrected chi connectivity index (χ3v) is 3.86. The smallest absolute Gasteiger partial charge is 0.125 e. The lowest BCUT2D eigenvalue weighted by atomic mass is 9.99. The maximum atomic E-state index is 6.08. The molecule has 0 unspecified atom stereocenters. The molecule has 0 amide bonds. The van der Waals surface area contributed by atoms with E-state index in [1.165, 1.54) is 5.56 Å². The molecule has 4 heteroatoms. The monoisotopic (exact) mass is 278 g/mol. The van der Waals surface area contributed by atoms with Gasteiger partial charge in [-0.1, -0.05) is 11.6 Å². The highest BCUT2D eigenvalue weighted by Gasteiger charge is 2.19. The zero-order valence-electron chi connectivity index (χ0n) is 8.81. The summed E-state index contributed by atoms with van der Waals surface area (Å²) in [4.78, 5) is 0. The lowest BCUT2D eigenvalue weighted by molar-refractivity contribution is 0.352. The molecule has 0 aliphatic carbocycles. The molecule has 0 bridgehead atoms. The van der Waals surface area contributed by atoms with Crippen molar-refractivity contribution in [1.82, 2.24) is 0 Å². The molecule has 1 nitrogen and oxygen atoms in total. The zero-order chi connectivity index (χ0) is 11.5. The van der Waals surface area contributed by atoms with Crippen LogP contribution in [-0.4, -0.2) is 18.4 Å². The fourth-order valence-corrected chi connectivity index (χ4v) is 2.77. The number of rotatable bonds is 4. The van der Waals surface area contributed by atoms with Crippen LogP contribution in [0.3, 0.4) is 0 Å². The topological polar surface area (TPSA) is 9.23 Å². The molecule has 0 saturated heterocycles. The Morgan fingerprint density at radius 2 is 2.00 bits per heavy atom. The Hall–Kier alpha value is -0.110. The third-order valence-electron chi connectivity index (χ3n) is 2.77. The standard InChI is InChI=1S/C12H13Cl3O/c13-6-8(7-14)3-10-5-11(15)4-9-1-2-16-12(9)10/h4-5,8H,1-3,6-7H2. The molecule has 1 heterocycles. The largest absolute Gasteiger partial charge is 0.493 e. The fraction of sp³-hybridized carbons (Fsp3) is 0.500. The van der Waals surface area contributed by atoms with Crippen LogP contribution in [0.2, 0.25) is 5.02 Å². The van der Waals surface area contributed by atoms with E-state index in [4.69, 9.17) is 39.5 Å². The minimum atomic E-state index is 0.273. The van der Waals surface area contributed by atoms with Crippen molar-refractivity contribution in [3.8, 4) is 5.75 Å². The van der Waals surface area contributed by atoms with Crippen molar-refractivity contribution in [3.05, 3.63) is 28.3 Å². The second-order valence-corrected chi connectivity index (χ2v) is 5.08. The Balaban J connectivity index is 2.26. The maximum absolute atomic E-state index is 6.08. The van der Waals surface area contributed by atoms with E-state index in [1.807, 2.05) is 12.1 Å². The summed E-state index contributed by atoms with van der Waals surface area (Å²) in [6, 6.07) is 3.93. The lowest BCUT2D eigenvalue weighted by Crippen LogP contribution is -2.09. The molecule has 1 aliphatic heterocycles. The van der Waals surface area contributed by atoms with E-state index in [2.05, 4.69) is 0 Å². The second-order valence-electron chi connectivity index (χ2n) is 4.03. The number of ether oxygens (including phenoxy) is 1. The van der Waals surface area contributed by atoms with Crippen LogP contribution in [-0.2, 0) is 12.8 Å². The average molecular weight is 280 g/mol. The lowest BCUT2D eigenvalue weighted by Gasteiger charge is -2.13. The predicted octanol–water partition coefficient (Wildman–Crippen LogP) is 3.91. The van der Waals surface area contributed by atoms with Gasteiger partial charge in [0.2, 0.25) is 0 Å². The molecule has 0 spiro atoms. The van der Waals surface area contributed by atoms with E-state index in [0.717, 1.165) is 35.8 Å². The van der Waals surface area contributed by atoms with Crippen molar-refractivity contribution in [3.63, 3.8) is 0 Å². The first kappa shape index (κ1) is 12.3. The number of benzene rings is 1. The minimum Gasteiger partial charge on any atom is -0.493 e. The molecule has 88 valence electrons. The van der Waals surface area contributed by atoms with E-state index in [0.29, 0.717) is 11.8 Å². The zero-order valence-corrected chi connectivity index (χ0v) is 11.1. The van der Waals surface area contributed by atoms with Crippen LogP contribution in [0.1, 0.15) is 11.1 Å². The number of fused-ring (bicyclic) bond motifs is 1. The van der Waals surface area contributed by atoms with E-state index in [1.54, 1.807) is 0 Å². The van der Waals surface area contributed by atoms with Crippen LogP contribution in [0.15, 0.2) is 12.1 Å². The summed E-state index contributed by atoms with van der Waals surface area (Å²) in [7, 11) is 0. The summed E-state index contributed by atoms with van der Waals surface area (Å²) in [5.74, 6) is 2.38. The molecule has 1 aromatic carbocycles. The Morgan fingerprint density at radius 1 is 1.25 bits per heavy atom. The number of hydrogen-bond acceptors (Lipinski definition) is 1. The first-order chi connectivity index (χ1) is 7.74. The van der Waals surface area contributed by atoms with Gasteiger partial charge in [0.05, 0.1) is 6.61 Å².